The lowest BCUT2D eigenvalue weighted by Gasteiger charge is -2.05. The molecule has 1 amide bonds. The molecule has 0 saturated carbocycles. The lowest BCUT2D eigenvalue weighted by atomic mass is 10.1. The third kappa shape index (κ3) is 3.50. The number of hydrogen-bond donors (Lipinski definition) is 1. The largest absolute Gasteiger partial charge is 0.335 e. The molecule has 0 atom stereocenters. The zero-order valence-corrected chi connectivity index (χ0v) is 14.4. The Morgan fingerprint density at radius 3 is 2.81 bits per heavy atom. The van der Waals surface area contributed by atoms with Gasteiger partial charge in [0.15, 0.2) is 0 Å². The predicted molar refractivity (Wildman–Crippen MR) is 104 cm³/mol. The molecule has 26 heavy (non-hydrogen) atoms. The van der Waals surface area contributed by atoms with E-state index in [1.54, 1.807) is 12.1 Å². The van der Waals surface area contributed by atoms with Crippen molar-refractivity contribution in [3.8, 4) is 18.4 Å². The van der Waals surface area contributed by atoms with Gasteiger partial charge in [0.1, 0.15) is 11.6 Å². The molecule has 1 aromatic heterocycles. The maximum Gasteiger partial charge on any atom is 0.266 e. The minimum absolute atomic E-state index is 0.0371. The Kier molecular flexibility index (Phi) is 4.87. The fourth-order valence-electron chi connectivity index (χ4n) is 2.84. The summed E-state index contributed by atoms with van der Waals surface area (Å²) in [6.45, 7) is 2.36. The summed E-state index contributed by atoms with van der Waals surface area (Å²) in [6, 6.07) is 17.2. The molecule has 3 rings (SSSR count). The Hall–Kier alpha value is -3.76. The number of terminal acetylenes is 1. The third-order valence-electron chi connectivity index (χ3n) is 4.02. The molecule has 4 nitrogen and oxygen atoms in total. The number of fused-ring (bicyclic) bond motifs is 1. The molecule has 1 heterocycles. The number of aromatic nitrogens is 1. The molecule has 3 aromatic rings. The zero-order chi connectivity index (χ0) is 18.5. The van der Waals surface area contributed by atoms with Crippen LogP contribution in [0.15, 0.2) is 60.3 Å². The molecule has 0 saturated heterocycles. The van der Waals surface area contributed by atoms with Crippen LogP contribution in [0.2, 0.25) is 0 Å². The SMILES string of the molecule is C#CCn1cc(/C=C(\C#N)C(=O)Nc2cccc(C)c2)c2ccccc21. The summed E-state index contributed by atoms with van der Waals surface area (Å²) in [5.41, 5.74) is 3.48. The predicted octanol–water partition coefficient (Wildman–Crippen LogP) is 4.13. The number of nitriles is 1. The number of nitrogens with zero attached hydrogens (tertiary/aromatic N) is 2. The van der Waals surface area contributed by atoms with Crippen LogP contribution in [-0.2, 0) is 11.3 Å². The maximum absolute atomic E-state index is 12.5. The van der Waals surface area contributed by atoms with E-state index in [4.69, 9.17) is 6.42 Å². The summed E-state index contributed by atoms with van der Waals surface area (Å²) in [6.07, 6.45) is 8.89. The second kappa shape index (κ2) is 7.42. The van der Waals surface area contributed by atoms with Crippen molar-refractivity contribution < 1.29 is 4.79 Å². The van der Waals surface area contributed by atoms with Crippen LogP contribution < -0.4 is 5.32 Å². The lowest BCUT2D eigenvalue weighted by Crippen LogP contribution is -2.13. The van der Waals surface area contributed by atoms with Crippen molar-refractivity contribution in [2.24, 2.45) is 0 Å². The molecule has 0 spiro atoms. The monoisotopic (exact) mass is 339 g/mol. The zero-order valence-electron chi connectivity index (χ0n) is 14.4. The number of para-hydroxylation sites is 1. The minimum Gasteiger partial charge on any atom is -0.335 e. The second-order valence-electron chi connectivity index (χ2n) is 5.93. The molecule has 0 aliphatic carbocycles. The van der Waals surface area contributed by atoms with Gasteiger partial charge in [0.25, 0.3) is 5.91 Å². The minimum atomic E-state index is -0.438. The summed E-state index contributed by atoms with van der Waals surface area (Å²) in [4.78, 5) is 12.5. The fourth-order valence-corrected chi connectivity index (χ4v) is 2.84. The number of benzene rings is 2. The van der Waals surface area contributed by atoms with E-state index in [1.165, 1.54) is 0 Å². The van der Waals surface area contributed by atoms with E-state index in [0.29, 0.717) is 12.2 Å². The van der Waals surface area contributed by atoms with Gasteiger partial charge < -0.3 is 9.88 Å². The van der Waals surface area contributed by atoms with Crippen LogP contribution in [0, 0.1) is 30.6 Å². The molecular weight excluding hydrogens is 322 g/mol. The maximum atomic E-state index is 12.5. The van der Waals surface area contributed by atoms with Gasteiger partial charge in [-0.2, -0.15) is 5.26 Å². The molecule has 126 valence electrons. The van der Waals surface area contributed by atoms with E-state index in [1.807, 2.05) is 66.2 Å². The number of anilines is 1. The number of nitrogens with one attached hydrogen (secondary N) is 1. The van der Waals surface area contributed by atoms with Crippen molar-refractivity contribution in [1.82, 2.24) is 4.57 Å². The smallest absolute Gasteiger partial charge is 0.266 e. The Morgan fingerprint density at radius 1 is 1.27 bits per heavy atom. The highest BCUT2D eigenvalue weighted by Crippen LogP contribution is 2.24. The van der Waals surface area contributed by atoms with E-state index in [9.17, 15) is 10.1 Å². The average Bonchev–Trinajstić information content (AvgIpc) is 2.98. The van der Waals surface area contributed by atoms with Gasteiger partial charge in [0, 0.05) is 28.4 Å². The first-order valence-corrected chi connectivity index (χ1v) is 8.13. The van der Waals surface area contributed by atoms with Crippen LogP contribution in [0.25, 0.3) is 17.0 Å². The first-order chi connectivity index (χ1) is 12.6. The van der Waals surface area contributed by atoms with E-state index < -0.39 is 5.91 Å². The van der Waals surface area contributed by atoms with Gasteiger partial charge in [-0.05, 0) is 36.8 Å². The molecule has 0 radical (unpaired) electrons. The Bertz CT molecular complexity index is 1090. The van der Waals surface area contributed by atoms with Crippen LogP contribution in [0.4, 0.5) is 5.69 Å². The number of amides is 1. The first kappa shape index (κ1) is 17.1. The summed E-state index contributed by atoms with van der Waals surface area (Å²) in [5, 5.41) is 13.2. The molecule has 0 fully saturated rings. The van der Waals surface area contributed by atoms with Gasteiger partial charge >= 0.3 is 0 Å². The number of carbonyl (C=O) groups excluding carboxylic acids is 1. The third-order valence-corrected chi connectivity index (χ3v) is 4.02. The molecule has 0 aliphatic rings. The quantitative estimate of drug-likeness (QED) is 0.441. The van der Waals surface area contributed by atoms with E-state index in [2.05, 4.69) is 11.2 Å². The van der Waals surface area contributed by atoms with Gasteiger partial charge in [0.05, 0.1) is 6.54 Å². The summed E-state index contributed by atoms with van der Waals surface area (Å²) in [5.74, 6) is 2.18. The summed E-state index contributed by atoms with van der Waals surface area (Å²) in [7, 11) is 0. The average molecular weight is 339 g/mol. The molecule has 1 N–H and O–H groups in total. The van der Waals surface area contributed by atoms with Crippen LogP contribution in [0.3, 0.4) is 0 Å². The van der Waals surface area contributed by atoms with Crippen LogP contribution in [0.5, 0.6) is 0 Å². The van der Waals surface area contributed by atoms with Crippen molar-refractivity contribution in [2.75, 3.05) is 5.32 Å². The van der Waals surface area contributed by atoms with Crippen molar-refractivity contribution in [1.29, 1.82) is 5.26 Å². The number of carbonyl (C=O) groups is 1. The normalized spacial score (nSPS) is 11.0. The van der Waals surface area contributed by atoms with Gasteiger partial charge in [-0.3, -0.25) is 4.79 Å². The van der Waals surface area contributed by atoms with Gasteiger partial charge in [0.2, 0.25) is 0 Å². The van der Waals surface area contributed by atoms with Gasteiger partial charge in [-0.15, -0.1) is 6.42 Å². The number of rotatable bonds is 4. The topological polar surface area (TPSA) is 57.8 Å². The van der Waals surface area contributed by atoms with Gasteiger partial charge in [-0.25, -0.2) is 0 Å². The van der Waals surface area contributed by atoms with Crippen molar-refractivity contribution in [3.05, 3.63) is 71.4 Å². The molecule has 0 unspecified atom stereocenters. The van der Waals surface area contributed by atoms with Crippen molar-refractivity contribution in [2.45, 2.75) is 13.5 Å². The van der Waals surface area contributed by atoms with Gasteiger partial charge in [-0.1, -0.05) is 36.3 Å². The lowest BCUT2D eigenvalue weighted by molar-refractivity contribution is -0.112. The second-order valence-corrected chi connectivity index (χ2v) is 5.93. The van der Waals surface area contributed by atoms with Crippen LogP contribution >= 0.6 is 0 Å². The van der Waals surface area contributed by atoms with E-state index in [0.717, 1.165) is 22.0 Å². The Labute approximate surface area is 152 Å². The van der Waals surface area contributed by atoms with Crippen LogP contribution in [-0.4, -0.2) is 10.5 Å². The summed E-state index contributed by atoms with van der Waals surface area (Å²) >= 11 is 0. The molecule has 2 aromatic carbocycles. The fraction of sp³-hybridized carbons (Fsp3) is 0.0909. The number of hydrogen-bond acceptors (Lipinski definition) is 2. The summed E-state index contributed by atoms with van der Waals surface area (Å²) < 4.78 is 1.93. The number of aryl methyl sites for hydroxylation is 1. The highest BCUT2D eigenvalue weighted by atomic mass is 16.1. The van der Waals surface area contributed by atoms with Crippen molar-refractivity contribution in [3.63, 3.8) is 0 Å². The molecular formula is C22H17N3O. The van der Waals surface area contributed by atoms with E-state index in [-0.39, 0.29) is 5.57 Å². The van der Waals surface area contributed by atoms with E-state index >= 15 is 0 Å². The highest BCUT2D eigenvalue weighted by Gasteiger charge is 2.12. The molecule has 0 bridgehead atoms. The first-order valence-electron chi connectivity index (χ1n) is 8.13. The van der Waals surface area contributed by atoms with Crippen LogP contribution in [0.1, 0.15) is 11.1 Å². The Balaban J connectivity index is 1.97. The highest BCUT2D eigenvalue weighted by molar-refractivity contribution is 6.10. The standard InChI is InChI=1S/C22H17N3O/c1-3-11-25-15-18(20-9-4-5-10-21(20)25)13-17(14-23)22(26)24-19-8-6-7-16(2)12-19/h1,4-10,12-13,15H,11H2,2H3,(H,24,26)/b17-13+. The van der Waals surface area contributed by atoms with Crippen molar-refractivity contribution >= 4 is 28.6 Å². The molecule has 4 heteroatoms. The Morgan fingerprint density at radius 2 is 2.08 bits per heavy atom. The molecule has 0 aliphatic heterocycles.